The summed E-state index contributed by atoms with van der Waals surface area (Å²) in [7, 11) is 0. The molecule has 1 heterocycles. The molecule has 3 rings (SSSR count). The highest BCUT2D eigenvalue weighted by atomic mass is 32.2. The van der Waals surface area contributed by atoms with Crippen LogP contribution in [-0.2, 0) is 11.2 Å². The Balaban J connectivity index is 1.54. The van der Waals surface area contributed by atoms with Gasteiger partial charge in [-0.1, -0.05) is 42.1 Å². The molecule has 0 aliphatic carbocycles. The van der Waals surface area contributed by atoms with Gasteiger partial charge in [0.2, 0.25) is 0 Å². The Morgan fingerprint density at radius 3 is 2.96 bits per heavy atom. The molecule has 26 heavy (non-hydrogen) atoms. The first-order chi connectivity index (χ1) is 12.7. The van der Waals surface area contributed by atoms with Gasteiger partial charge in [0.1, 0.15) is 5.75 Å². The van der Waals surface area contributed by atoms with E-state index in [9.17, 15) is 9.90 Å². The summed E-state index contributed by atoms with van der Waals surface area (Å²) in [5, 5.41) is 14.1. The zero-order chi connectivity index (χ0) is 18.4. The van der Waals surface area contributed by atoms with Crippen LogP contribution in [0.3, 0.4) is 0 Å². The smallest absolute Gasteiger partial charge is 0.250 e. The van der Waals surface area contributed by atoms with Crippen molar-refractivity contribution in [1.29, 1.82) is 0 Å². The number of phenols is 1. The predicted octanol–water partition coefficient (Wildman–Crippen LogP) is 3.97. The van der Waals surface area contributed by atoms with E-state index in [1.165, 1.54) is 18.0 Å². The van der Waals surface area contributed by atoms with Crippen LogP contribution >= 0.6 is 23.1 Å². The number of phenolic OH excluding ortho intramolecular Hbond substituents is 1. The fraction of sp³-hybridized carbons (Fsp3) is 0.105. The second-order valence-electron chi connectivity index (χ2n) is 5.38. The van der Waals surface area contributed by atoms with Gasteiger partial charge in [-0.05, 0) is 30.2 Å². The summed E-state index contributed by atoms with van der Waals surface area (Å²) in [4.78, 5) is 16.4. The number of hydrogen-bond acceptors (Lipinski definition) is 6. The lowest BCUT2D eigenvalue weighted by atomic mass is 10.1. The molecule has 7 heteroatoms. The SMILES string of the molecule is C=CCc1cccc(/C=N\NC(=O)CSc2nc3ccccc3s2)c1O. The molecule has 1 amide bonds. The predicted molar refractivity (Wildman–Crippen MR) is 108 cm³/mol. The zero-order valence-corrected chi connectivity index (χ0v) is 15.5. The molecular formula is C19H17N3O2S2. The Bertz CT molecular complexity index is 933. The van der Waals surface area contributed by atoms with E-state index in [0.29, 0.717) is 12.0 Å². The van der Waals surface area contributed by atoms with Crippen LogP contribution < -0.4 is 5.43 Å². The molecule has 0 radical (unpaired) electrons. The Hall–Kier alpha value is -2.64. The van der Waals surface area contributed by atoms with Crippen LogP contribution in [0, 0.1) is 0 Å². The van der Waals surface area contributed by atoms with Crippen LogP contribution in [0.2, 0.25) is 0 Å². The van der Waals surface area contributed by atoms with Crippen LogP contribution in [0.1, 0.15) is 11.1 Å². The fourth-order valence-corrected chi connectivity index (χ4v) is 4.14. The summed E-state index contributed by atoms with van der Waals surface area (Å²) in [5.74, 6) is 0.140. The minimum absolute atomic E-state index is 0.147. The number of allylic oxidation sites excluding steroid dienone is 1. The molecule has 0 unspecified atom stereocenters. The number of fused-ring (bicyclic) bond motifs is 1. The fourth-order valence-electron chi connectivity index (χ4n) is 2.28. The number of benzene rings is 2. The highest BCUT2D eigenvalue weighted by Gasteiger charge is 2.07. The minimum atomic E-state index is -0.229. The second kappa shape index (κ2) is 8.64. The van der Waals surface area contributed by atoms with Gasteiger partial charge in [-0.15, -0.1) is 17.9 Å². The Labute approximate surface area is 159 Å². The number of aromatic nitrogens is 1. The maximum Gasteiger partial charge on any atom is 0.250 e. The second-order valence-corrected chi connectivity index (χ2v) is 7.63. The lowest BCUT2D eigenvalue weighted by molar-refractivity contribution is -0.118. The molecule has 0 atom stereocenters. The van der Waals surface area contributed by atoms with E-state index in [-0.39, 0.29) is 17.4 Å². The molecule has 0 aliphatic heterocycles. The summed E-state index contributed by atoms with van der Waals surface area (Å²) < 4.78 is 1.95. The molecule has 0 saturated carbocycles. The maximum atomic E-state index is 11.9. The average Bonchev–Trinajstić information content (AvgIpc) is 3.06. The van der Waals surface area contributed by atoms with Crippen LogP contribution in [-0.4, -0.2) is 28.0 Å². The van der Waals surface area contributed by atoms with Crippen LogP contribution in [0.25, 0.3) is 10.2 Å². The van der Waals surface area contributed by atoms with Gasteiger partial charge in [0, 0.05) is 5.56 Å². The van der Waals surface area contributed by atoms with Crippen molar-refractivity contribution in [2.24, 2.45) is 5.10 Å². The molecular weight excluding hydrogens is 366 g/mol. The first kappa shape index (κ1) is 18.2. The van der Waals surface area contributed by atoms with Crippen molar-refractivity contribution in [2.45, 2.75) is 10.8 Å². The van der Waals surface area contributed by atoms with E-state index in [1.54, 1.807) is 23.5 Å². The molecule has 5 nitrogen and oxygen atoms in total. The highest BCUT2D eigenvalue weighted by molar-refractivity contribution is 8.01. The number of carbonyl (C=O) groups is 1. The van der Waals surface area contributed by atoms with E-state index < -0.39 is 0 Å². The summed E-state index contributed by atoms with van der Waals surface area (Å²) in [5.41, 5.74) is 4.72. The molecule has 0 bridgehead atoms. The molecule has 3 aromatic rings. The summed E-state index contributed by atoms with van der Waals surface area (Å²) >= 11 is 2.93. The van der Waals surface area contributed by atoms with E-state index in [1.807, 2.05) is 36.4 Å². The Morgan fingerprint density at radius 1 is 1.31 bits per heavy atom. The third-order valence-electron chi connectivity index (χ3n) is 3.51. The molecule has 2 aromatic carbocycles. The molecule has 0 spiro atoms. The molecule has 0 fully saturated rings. The normalized spacial score (nSPS) is 11.1. The van der Waals surface area contributed by atoms with Crippen molar-refractivity contribution in [3.05, 3.63) is 66.2 Å². The molecule has 1 aromatic heterocycles. The molecule has 0 saturated heterocycles. The third-order valence-corrected chi connectivity index (χ3v) is 5.69. The number of thiazole rings is 1. The largest absolute Gasteiger partial charge is 0.507 e. The molecule has 132 valence electrons. The maximum absolute atomic E-state index is 11.9. The summed E-state index contributed by atoms with van der Waals surface area (Å²) in [6, 6.07) is 13.2. The van der Waals surface area contributed by atoms with Gasteiger partial charge in [-0.25, -0.2) is 10.4 Å². The van der Waals surface area contributed by atoms with Crippen LogP contribution in [0.4, 0.5) is 0 Å². The van der Waals surface area contributed by atoms with Gasteiger partial charge in [0.15, 0.2) is 4.34 Å². The van der Waals surface area contributed by atoms with Crippen molar-refractivity contribution in [1.82, 2.24) is 10.4 Å². The van der Waals surface area contributed by atoms with Crippen LogP contribution in [0.15, 0.2) is 64.6 Å². The average molecular weight is 383 g/mol. The van der Waals surface area contributed by atoms with Crippen molar-refractivity contribution in [2.75, 3.05) is 5.75 Å². The van der Waals surface area contributed by atoms with Crippen molar-refractivity contribution in [3.63, 3.8) is 0 Å². The lowest BCUT2D eigenvalue weighted by Gasteiger charge is -2.04. The van der Waals surface area contributed by atoms with Gasteiger partial charge >= 0.3 is 0 Å². The number of nitrogens with one attached hydrogen (secondary N) is 1. The number of amides is 1. The van der Waals surface area contributed by atoms with Crippen molar-refractivity contribution in [3.8, 4) is 5.75 Å². The first-order valence-corrected chi connectivity index (χ1v) is 9.69. The van der Waals surface area contributed by atoms with Gasteiger partial charge in [-0.3, -0.25) is 4.79 Å². The lowest BCUT2D eigenvalue weighted by Crippen LogP contribution is -2.19. The third kappa shape index (κ3) is 4.50. The summed E-state index contributed by atoms with van der Waals surface area (Å²) in [6.07, 6.45) is 3.72. The number of para-hydroxylation sites is 2. The van der Waals surface area contributed by atoms with Crippen LogP contribution in [0.5, 0.6) is 5.75 Å². The van der Waals surface area contributed by atoms with E-state index in [0.717, 1.165) is 20.1 Å². The number of rotatable bonds is 7. The molecule has 0 aliphatic rings. The standard InChI is InChI=1S/C19H17N3O2S2/c1-2-6-13-7-5-8-14(18(13)24)11-20-22-17(23)12-25-19-21-15-9-3-4-10-16(15)26-19/h2-5,7-11,24H,1,6,12H2,(H,22,23)/b20-11-. The quantitative estimate of drug-likeness (QED) is 0.280. The monoisotopic (exact) mass is 383 g/mol. The number of carbonyl (C=O) groups excluding carboxylic acids is 1. The summed E-state index contributed by atoms with van der Waals surface area (Å²) in [6.45, 7) is 3.66. The van der Waals surface area contributed by atoms with Gasteiger partial charge in [0.25, 0.3) is 5.91 Å². The van der Waals surface area contributed by atoms with E-state index in [4.69, 9.17) is 0 Å². The zero-order valence-electron chi connectivity index (χ0n) is 13.9. The first-order valence-electron chi connectivity index (χ1n) is 7.89. The van der Waals surface area contributed by atoms with E-state index in [2.05, 4.69) is 22.1 Å². The van der Waals surface area contributed by atoms with E-state index >= 15 is 0 Å². The molecule has 2 N–H and O–H groups in total. The Kier molecular flexibility index (Phi) is 6.04. The Morgan fingerprint density at radius 2 is 2.15 bits per heavy atom. The van der Waals surface area contributed by atoms with Gasteiger partial charge in [-0.2, -0.15) is 5.10 Å². The van der Waals surface area contributed by atoms with Crippen molar-refractivity contribution >= 4 is 45.4 Å². The highest BCUT2D eigenvalue weighted by Crippen LogP contribution is 2.29. The number of nitrogens with zero attached hydrogens (tertiary/aromatic N) is 2. The minimum Gasteiger partial charge on any atom is -0.507 e. The number of aromatic hydroxyl groups is 1. The van der Waals surface area contributed by atoms with Gasteiger partial charge < -0.3 is 5.11 Å². The van der Waals surface area contributed by atoms with Gasteiger partial charge in [0.05, 0.1) is 22.2 Å². The number of thioether (sulfide) groups is 1. The topological polar surface area (TPSA) is 74.6 Å². The number of hydrazone groups is 1. The number of hydrogen-bond donors (Lipinski definition) is 2. The van der Waals surface area contributed by atoms with Crippen molar-refractivity contribution < 1.29 is 9.90 Å².